The highest BCUT2D eigenvalue weighted by Crippen LogP contribution is 2.63. The standard InChI is InChI=1S/C26H37N3O5/c1-6-12-27-22(31)19-20-24(33)29(17(7-2)14-30)21(26(20)11-10-25(19,5)34-26)23(32)28-18-13-15(3)8-9-16(18)4/h8-9,13,17,19-21,30H,6-7,10-12,14H2,1-5H3,(H,27,31)(H,28,32)/t17-,19-,20-,21?,25+,26?/m0/s1. The van der Waals surface area contributed by atoms with Crippen LogP contribution in [0.15, 0.2) is 18.2 Å². The molecule has 4 rings (SSSR count). The predicted molar refractivity (Wildman–Crippen MR) is 128 cm³/mol. The molecule has 3 amide bonds. The molecular weight excluding hydrogens is 434 g/mol. The molecule has 2 unspecified atom stereocenters. The molecule has 8 nitrogen and oxygen atoms in total. The van der Waals surface area contributed by atoms with E-state index in [9.17, 15) is 19.5 Å². The first-order valence-electron chi connectivity index (χ1n) is 12.4. The Balaban J connectivity index is 1.76. The number of carbonyl (C=O) groups is 3. The van der Waals surface area contributed by atoms with Crippen LogP contribution in [-0.2, 0) is 19.1 Å². The number of amides is 3. The monoisotopic (exact) mass is 471 g/mol. The summed E-state index contributed by atoms with van der Waals surface area (Å²) in [4.78, 5) is 42.6. The maximum Gasteiger partial charge on any atom is 0.250 e. The maximum atomic E-state index is 13.9. The van der Waals surface area contributed by atoms with Crippen LogP contribution in [0, 0.1) is 25.7 Å². The van der Waals surface area contributed by atoms with Crippen LogP contribution in [0.25, 0.3) is 0 Å². The van der Waals surface area contributed by atoms with Crippen LogP contribution in [0.3, 0.4) is 0 Å². The molecule has 6 atom stereocenters. The average Bonchev–Trinajstić information content (AvgIpc) is 3.37. The van der Waals surface area contributed by atoms with Crippen molar-refractivity contribution in [2.75, 3.05) is 18.5 Å². The predicted octanol–water partition coefficient (Wildman–Crippen LogP) is 2.30. The van der Waals surface area contributed by atoms with Crippen LogP contribution in [0.4, 0.5) is 5.69 Å². The number of aryl methyl sites for hydroxylation is 2. The number of carbonyl (C=O) groups excluding carboxylic acids is 3. The van der Waals surface area contributed by atoms with Gasteiger partial charge in [0.25, 0.3) is 0 Å². The lowest BCUT2D eigenvalue weighted by Gasteiger charge is -2.36. The normalized spacial score (nSPS) is 32.6. The van der Waals surface area contributed by atoms with Gasteiger partial charge in [0, 0.05) is 12.2 Å². The lowest BCUT2D eigenvalue weighted by atomic mass is 9.66. The topological polar surface area (TPSA) is 108 Å². The minimum absolute atomic E-state index is 0.197. The van der Waals surface area contributed by atoms with Crippen molar-refractivity contribution in [3.63, 3.8) is 0 Å². The molecule has 2 bridgehead atoms. The summed E-state index contributed by atoms with van der Waals surface area (Å²) in [5.41, 5.74) is 0.716. The minimum atomic E-state index is -1.09. The van der Waals surface area contributed by atoms with Gasteiger partial charge in [0.05, 0.1) is 30.1 Å². The van der Waals surface area contributed by atoms with Crippen molar-refractivity contribution in [2.45, 2.75) is 83.6 Å². The Morgan fingerprint density at radius 3 is 2.62 bits per heavy atom. The zero-order valence-electron chi connectivity index (χ0n) is 20.8. The van der Waals surface area contributed by atoms with Gasteiger partial charge in [-0.3, -0.25) is 14.4 Å². The van der Waals surface area contributed by atoms with Gasteiger partial charge in [-0.1, -0.05) is 26.0 Å². The Labute approximate surface area is 201 Å². The van der Waals surface area contributed by atoms with Crippen molar-refractivity contribution >= 4 is 23.4 Å². The van der Waals surface area contributed by atoms with E-state index in [0.29, 0.717) is 31.5 Å². The van der Waals surface area contributed by atoms with Gasteiger partial charge < -0.3 is 25.4 Å². The number of hydrogen-bond donors (Lipinski definition) is 3. The number of nitrogens with zero attached hydrogens (tertiary/aromatic N) is 1. The Kier molecular flexibility index (Phi) is 6.50. The van der Waals surface area contributed by atoms with E-state index in [0.717, 1.165) is 17.5 Å². The molecule has 34 heavy (non-hydrogen) atoms. The average molecular weight is 472 g/mol. The fourth-order valence-electron chi connectivity index (χ4n) is 6.30. The van der Waals surface area contributed by atoms with Gasteiger partial charge >= 0.3 is 0 Å². The van der Waals surface area contributed by atoms with Gasteiger partial charge in [-0.15, -0.1) is 0 Å². The van der Waals surface area contributed by atoms with E-state index in [4.69, 9.17) is 4.74 Å². The molecule has 3 aliphatic rings. The number of hydrogen-bond acceptors (Lipinski definition) is 5. The lowest BCUT2D eigenvalue weighted by Crippen LogP contribution is -2.56. The number of ether oxygens (including phenoxy) is 1. The van der Waals surface area contributed by atoms with Crippen molar-refractivity contribution in [1.29, 1.82) is 0 Å². The highest BCUT2D eigenvalue weighted by molar-refractivity contribution is 6.04. The van der Waals surface area contributed by atoms with Crippen molar-refractivity contribution in [1.82, 2.24) is 10.2 Å². The maximum absolute atomic E-state index is 13.9. The molecular formula is C26H37N3O5. The van der Waals surface area contributed by atoms with Gasteiger partial charge in [0.1, 0.15) is 11.6 Å². The number of nitrogens with one attached hydrogen (secondary N) is 2. The second-order valence-electron chi connectivity index (χ2n) is 10.3. The van der Waals surface area contributed by atoms with E-state index in [1.165, 1.54) is 4.90 Å². The second-order valence-corrected chi connectivity index (χ2v) is 10.3. The zero-order chi connectivity index (χ0) is 24.8. The molecule has 0 saturated carbocycles. The van der Waals surface area contributed by atoms with Crippen LogP contribution in [0.2, 0.25) is 0 Å². The van der Waals surface area contributed by atoms with Gasteiger partial charge in [-0.2, -0.15) is 0 Å². The highest BCUT2D eigenvalue weighted by atomic mass is 16.5. The van der Waals surface area contributed by atoms with Crippen LogP contribution < -0.4 is 10.6 Å². The van der Waals surface area contributed by atoms with E-state index in [1.54, 1.807) is 0 Å². The summed E-state index contributed by atoms with van der Waals surface area (Å²) in [6.07, 6.45) is 2.39. The van der Waals surface area contributed by atoms with E-state index in [1.807, 2.05) is 52.8 Å². The van der Waals surface area contributed by atoms with Gasteiger partial charge in [-0.05, 0) is 63.6 Å². The summed E-state index contributed by atoms with van der Waals surface area (Å²) >= 11 is 0. The van der Waals surface area contributed by atoms with Gasteiger partial charge in [0.2, 0.25) is 17.7 Å². The van der Waals surface area contributed by atoms with Crippen LogP contribution >= 0.6 is 0 Å². The summed E-state index contributed by atoms with van der Waals surface area (Å²) in [7, 11) is 0. The van der Waals surface area contributed by atoms with Crippen molar-refractivity contribution in [3.8, 4) is 0 Å². The molecule has 1 spiro atoms. The Morgan fingerprint density at radius 1 is 1.24 bits per heavy atom. The summed E-state index contributed by atoms with van der Waals surface area (Å²) in [6.45, 7) is 9.88. The quantitative estimate of drug-likeness (QED) is 0.539. The highest BCUT2D eigenvalue weighted by Gasteiger charge is 2.78. The second kappa shape index (κ2) is 8.96. The third-order valence-electron chi connectivity index (χ3n) is 8.02. The molecule has 8 heteroatoms. The Hall–Kier alpha value is -2.45. The molecule has 1 aromatic rings. The number of likely N-dealkylation sites (tertiary alicyclic amines) is 1. The SMILES string of the molecule is CCCNC(=O)[C@@H]1[C@H]2C(=O)N([C@@H](CC)CO)C(C(=O)Nc3cc(C)ccc3C)C23CC[C@@]1(C)O3. The molecule has 0 radical (unpaired) electrons. The fourth-order valence-corrected chi connectivity index (χ4v) is 6.30. The molecule has 1 aromatic carbocycles. The molecule has 3 heterocycles. The first kappa shape index (κ1) is 24.7. The van der Waals surface area contributed by atoms with E-state index >= 15 is 0 Å². The van der Waals surface area contributed by atoms with Crippen LogP contribution in [0.1, 0.15) is 57.6 Å². The molecule has 3 N–H and O–H groups in total. The van der Waals surface area contributed by atoms with Crippen LogP contribution in [0.5, 0.6) is 0 Å². The summed E-state index contributed by atoms with van der Waals surface area (Å²) in [6, 6.07) is 4.37. The molecule has 3 aliphatic heterocycles. The smallest absolute Gasteiger partial charge is 0.250 e. The first-order valence-corrected chi connectivity index (χ1v) is 12.4. The van der Waals surface area contributed by atoms with Gasteiger partial charge in [0.15, 0.2) is 0 Å². The third kappa shape index (κ3) is 3.62. The van der Waals surface area contributed by atoms with Crippen LogP contribution in [-0.4, -0.2) is 64.2 Å². The number of benzene rings is 1. The molecule has 3 fully saturated rings. The van der Waals surface area contributed by atoms with E-state index in [-0.39, 0.29) is 24.3 Å². The van der Waals surface area contributed by atoms with Gasteiger partial charge in [-0.25, -0.2) is 0 Å². The van der Waals surface area contributed by atoms with E-state index < -0.39 is 35.1 Å². The lowest BCUT2D eigenvalue weighted by molar-refractivity contribution is -0.148. The fraction of sp³-hybridized carbons (Fsp3) is 0.654. The number of fused-ring (bicyclic) bond motifs is 1. The van der Waals surface area contributed by atoms with E-state index in [2.05, 4.69) is 10.6 Å². The molecule has 0 aliphatic carbocycles. The largest absolute Gasteiger partial charge is 0.394 e. The number of aliphatic hydroxyl groups is 1. The number of anilines is 1. The molecule has 186 valence electrons. The zero-order valence-corrected chi connectivity index (χ0v) is 20.8. The molecule has 3 saturated heterocycles. The first-order chi connectivity index (χ1) is 16.1. The Morgan fingerprint density at radius 2 is 1.97 bits per heavy atom. The van der Waals surface area contributed by atoms with Crippen molar-refractivity contribution < 1.29 is 24.2 Å². The third-order valence-corrected chi connectivity index (χ3v) is 8.02. The number of aliphatic hydroxyl groups excluding tert-OH is 1. The summed E-state index contributed by atoms with van der Waals surface area (Å²) in [5, 5.41) is 16.1. The summed E-state index contributed by atoms with van der Waals surface area (Å²) in [5.74, 6) is -2.23. The number of rotatable bonds is 8. The van der Waals surface area contributed by atoms with Crippen molar-refractivity contribution in [3.05, 3.63) is 29.3 Å². The summed E-state index contributed by atoms with van der Waals surface area (Å²) < 4.78 is 6.58. The van der Waals surface area contributed by atoms with Crippen molar-refractivity contribution in [2.24, 2.45) is 11.8 Å². The minimum Gasteiger partial charge on any atom is -0.394 e. The molecule has 0 aromatic heterocycles. The Bertz CT molecular complexity index is 993.